The summed E-state index contributed by atoms with van der Waals surface area (Å²) in [5.41, 5.74) is 0. The van der Waals surface area contributed by atoms with E-state index in [4.69, 9.17) is 0 Å². The maximum absolute atomic E-state index is 11.3. The minimum atomic E-state index is 0.0338. The third kappa shape index (κ3) is 2.54. The molecule has 12 heavy (non-hydrogen) atoms. The molecule has 1 saturated heterocycles. The standard InChI is InChI=1S/C7H13N2O2P/c1-6(10)4-8-2-3-9(12)5-7(8)11/h2-5,12H2,1H3. The van der Waals surface area contributed by atoms with Gasteiger partial charge in [0.25, 0.3) is 0 Å². The van der Waals surface area contributed by atoms with Crippen LogP contribution in [-0.4, -0.2) is 47.4 Å². The Balaban J connectivity index is 2.45. The summed E-state index contributed by atoms with van der Waals surface area (Å²) in [7, 11) is 2.49. The van der Waals surface area contributed by atoms with Gasteiger partial charge in [-0.15, -0.1) is 0 Å². The first-order chi connectivity index (χ1) is 5.59. The van der Waals surface area contributed by atoms with E-state index < -0.39 is 0 Å². The van der Waals surface area contributed by atoms with Crippen LogP contribution < -0.4 is 0 Å². The number of amides is 1. The molecule has 0 spiro atoms. The van der Waals surface area contributed by atoms with Crippen LogP contribution in [0.4, 0.5) is 0 Å². The van der Waals surface area contributed by atoms with Gasteiger partial charge in [0.05, 0.1) is 13.1 Å². The van der Waals surface area contributed by atoms with E-state index in [-0.39, 0.29) is 18.2 Å². The third-order valence-corrected chi connectivity index (χ3v) is 2.20. The first-order valence-electron chi connectivity index (χ1n) is 3.86. The van der Waals surface area contributed by atoms with Crippen molar-refractivity contribution >= 4 is 21.1 Å². The van der Waals surface area contributed by atoms with Gasteiger partial charge in [-0.3, -0.25) is 14.3 Å². The van der Waals surface area contributed by atoms with Crippen LogP contribution in [0.5, 0.6) is 0 Å². The number of Topliss-reactive ketones (excluding diaryl/α,β-unsaturated/α-hetero) is 1. The summed E-state index contributed by atoms with van der Waals surface area (Å²) in [6.07, 6.45) is 0. The second-order valence-corrected chi connectivity index (χ2v) is 3.72. The van der Waals surface area contributed by atoms with Gasteiger partial charge in [0, 0.05) is 13.1 Å². The largest absolute Gasteiger partial charge is 0.333 e. The number of hydrogen-bond donors (Lipinski definition) is 0. The Morgan fingerprint density at radius 2 is 2.25 bits per heavy atom. The molecule has 0 aromatic heterocycles. The van der Waals surface area contributed by atoms with Gasteiger partial charge in [0.15, 0.2) is 0 Å². The zero-order valence-electron chi connectivity index (χ0n) is 7.12. The van der Waals surface area contributed by atoms with Crippen molar-refractivity contribution in [1.82, 2.24) is 9.57 Å². The Morgan fingerprint density at radius 1 is 1.58 bits per heavy atom. The monoisotopic (exact) mass is 188 g/mol. The highest BCUT2D eigenvalue weighted by Crippen LogP contribution is 2.06. The van der Waals surface area contributed by atoms with Gasteiger partial charge in [-0.25, -0.2) is 0 Å². The van der Waals surface area contributed by atoms with Crippen molar-refractivity contribution in [2.24, 2.45) is 0 Å². The van der Waals surface area contributed by atoms with Crippen molar-refractivity contribution in [1.29, 1.82) is 0 Å². The minimum Gasteiger partial charge on any atom is -0.333 e. The Hall–Kier alpha value is -0.470. The van der Waals surface area contributed by atoms with Gasteiger partial charge in [0.2, 0.25) is 5.91 Å². The molecule has 1 fully saturated rings. The molecule has 1 unspecified atom stereocenters. The Kier molecular flexibility index (Phi) is 3.18. The molecular formula is C7H13N2O2P. The maximum atomic E-state index is 11.3. The van der Waals surface area contributed by atoms with Gasteiger partial charge < -0.3 is 4.90 Å². The molecule has 1 rings (SSSR count). The molecule has 0 bridgehead atoms. The first kappa shape index (κ1) is 9.62. The number of rotatable bonds is 2. The predicted molar refractivity (Wildman–Crippen MR) is 48.5 cm³/mol. The molecule has 0 radical (unpaired) electrons. The van der Waals surface area contributed by atoms with Crippen LogP contribution in [0.25, 0.3) is 0 Å². The summed E-state index contributed by atoms with van der Waals surface area (Å²) in [5.74, 6) is 0.0759. The summed E-state index contributed by atoms with van der Waals surface area (Å²) in [6.45, 7) is 3.64. The van der Waals surface area contributed by atoms with Crippen LogP contribution in [0.2, 0.25) is 0 Å². The van der Waals surface area contributed by atoms with E-state index in [1.165, 1.54) is 6.92 Å². The number of hydrogen-bond acceptors (Lipinski definition) is 3. The lowest BCUT2D eigenvalue weighted by Gasteiger charge is -2.31. The number of carbonyl (C=O) groups excluding carboxylic acids is 2. The Labute approximate surface area is 74.2 Å². The topological polar surface area (TPSA) is 40.6 Å². The summed E-state index contributed by atoms with van der Waals surface area (Å²) in [4.78, 5) is 23.6. The summed E-state index contributed by atoms with van der Waals surface area (Å²) >= 11 is 0. The molecule has 0 aromatic carbocycles. The molecule has 0 saturated carbocycles. The second-order valence-electron chi connectivity index (χ2n) is 2.99. The summed E-state index contributed by atoms with van der Waals surface area (Å²) < 4.78 is 1.87. The fourth-order valence-corrected chi connectivity index (χ4v) is 1.43. The molecule has 68 valence electrons. The highest BCUT2D eigenvalue weighted by atomic mass is 31.0. The molecule has 1 aliphatic heterocycles. The van der Waals surface area contributed by atoms with E-state index in [1.807, 2.05) is 4.67 Å². The molecule has 4 nitrogen and oxygen atoms in total. The average Bonchev–Trinajstić information content (AvgIpc) is 1.94. The SMILES string of the molecule is CC(=O)CN1CCN(P)CC1=O. The number of nitrogens with zero attached hydrogens (tertiary/aromatic N) is 2. The Morgan fingerprint density at radius 3 is 2.75 bits per heavy atom. The van der Waals surface area contributed by atoms with E-state index in [9.17, 15) is 9.59 Å². The van der Waals surface area contributed by atoms with Crippen LogP contribution in [0.15, 0.2) is 0 Å². The molecule has 1 aliphatic rings. The number of piperazine rings is 1. The predicted octanol–water partition coefficient (Wildman–Crippen LogP) is -0.490. The first-order valence-corrected chi connectivity index (χ1v) is 4.38. The van der Waals surface area contributed by atoms with Crippen LogP contribution in [-0.2, 0) is 9.59 Å². The van der Waals surface area contributed by atoms with Crippen molar-refractivity contribution in [2.75, 3.05) is 26.2 Å². The van der Waals surface area contributed by atoms with Crippen LogP contribution in [0, 0.1) is 0 Å². The van der Waals surface area contributed by atoms with Crippen molar-refractivity contribution in [3.63, 3.8) is 0 Å². The molecule has 1 atom stereocenters. The molecular weight excluding hydrogens is 175 g/mol. The summed E-state index contributed by atoms with van der Waals surface area (Å²) in [5, 5.41) is 0. The van der Waals surface area contributed by atoms with Crippen molar-refractivity contribution in [3.05, 3.63) is 0 Å². The maximum Gasteiger partial charge on any atom is 0.237 e. The van der Waals surface area contributed by atoms with E-state index in [1.54, 1.807) is 4.90 Å². The quantitative estimate of drug-likeness (QED) is 0.549. The summed E-state index contributed by atoms with van der Waals surface area (Å²) in [6, 6.07) is 0. The van der Waals surface area contributed by atoms with E-state index in [0.717, 1.165) is 6.54 Å². The van der Waals surface area contributed by atoms with Crippen molar-refractivity contribution in [3.8, 4) is 0 Å². The highest BCUT2D eigenvalue weighted by Gasteiger charge is 2.21. The highest BCUT2D eigenvalue weighted by molar-refractivity contribution is 7.13. The molecule has 0 aromatic rings. The molecule has 1 amide bonds. The van der Waals surface area contributed by atoms with Gasteiger partial charge in [-0.1, -0.05) is 9.39 Å². The molecule has 5 heteroatoms. The minimum absolute atomic E-state index is 0.0338. The lowest BCUT2D eigenvalue weighted by Crippen LogP contribution is -2.48. The number of ketones is 1. The molecule has 0 aliphatic carbocycles. The molecule has 0 N–H and O–H groups in total. The fraction of sp³-hybridized carbons (Fsp3) is 0.714. The van der Waals surface area contributed by atoms with Gasteiger partial charge in [-0.2, -0.15) is 0 Å². The molecule has 1 heterocycles. The van der Waals surface area contributed by atoms with Crippen LogP contribution in [0.1, 0.15) is 6.92 Å². The lowest BCUT2D eigenvalue weighted by molar-refractivity contribution is -0.137. The fourth-order valence-electron chi connectivity index (χ4n) is 1.16. The van der Waals surface area contributed by atoms with Crippen molar-refractivity contribution < 1.29 is 9.59 Å². The smallest absolute Gasteiger partial charge is 0.237 e. The van der Waals surface area contributed by atoms with Crippen LogP contribution >= 0.6 is 9.39 Å². The van der Waals surface area contributed by atoms with Gasteiger partial charge >= 0.3 is 0 Å². The van der Waals surface area contributed by atoms with Crippen molar-refractivity contribution in [2.45, 2.75) is 6.92 Å². The second kappa shape index (κ2) is 3.97. The number of carbonyl (C=O) groups is 2. The average molecular weight is 188 g/mol. The zero-order valence-corrected chi connectivity index (χ0v) is 8.27. The third-order valence-electron chi connectivity index (χ3n) is 1.76. The van der Waals surface area contributed by atoms with E-state index in [0.29, 0.717) is 13.1 Å². The van der Waals surface area contributed by atoms with Crippen LogP contribution in [0.3, 0.4) is 0 Å². The van der Waals surface area contributed by atoms with E-state index >= 15 is 0 Å². The Bertz CT molecular complexity index is 208. The lowest BCUT2D eigenvalue weighted by atomic mass is 10.3. The normalized spacial score (nSPS) is 19.8. The van der Waals surface area contributed by atoms with E-state index in [2.05, 4.69) is 9.39 Å². The zero-order chi connectivity index (χ0) is 9.14. The van der Waals surface area contributed by atoms with Gasteiger partial charge in [-0.05, 0) is 6.92 Å². The van der Waals surface area contributed by atoms with Gasteiger partial charge in [0.1, 0.15) is 5.78 Å².